The first-order valence-corrected chi connectivity index (χ1v) is 6.91. The molecule has 1 saturated carbocycles. The molecule has 0 spiro atoms. The fourth-order valence-corrected chi connectivity index (χ4v) is 2.72. The Hall–Kier alpha value is -0.450. The molecule has 0 saturated heterocycles. The van der Waals surface area contributed by atoms with Crippen molar-refractivity contribution in [1.82, 2.24) is 15.2 Å². The predicted molar refractivity (Wildman–Crippen MR) is 73.9 cm³/mol. The molecule has 2 rings (SSSR count). The molecule has 1 aromatic heterocycles. The van der Waals surface area contributed by atoms with E-state index in [0.717, 1.165) is 23.4 Å². The van der Waals surface area contributed by atoms with E-state index >= 15 is 0 Å². The van der Waals surface area contributed by atoms with Gasteiger partial charge in [-0.3, -0.25) is 0 Å². The van der Waals surface area contributed by atoms with E-state index < -0.39 is 0 Å². The van der Waals surface area contributed by atoms with Gasteiger partial charge in [-0.2, -0.15) is 0 Å². The minimum atomic E-state index is 0.381. The van der Waals surface area contributed by atoms with Gasteiger partial charge in [-0.1, -0.05) is 6.07 Å². The van der Waals surface area contributed by atoms with Gasteiger partial charge >= 0.3 is 0 Å². The molecule has 0 bridgehead atoms. The number of rotatable bonds is 5. The number of hydrogen-bond donors (Lipinski definition) is 1. The third-order valence-electron chi connectivity index (χ3n) is 3.77. The summed E-state index contributed by atoms with van der Waals surface area (Å²) in [6, 6.07) is 6.04. The maximum absolute atomic E-state index is 4.42. The molecule has 0 unspecified atom stereocenters. The van der Waals surface area contributed by atoms with E-state index in [1.54, 1.807) is 0 Å². The van der Waals surface area contributed by atoms with E-state index in [4.69, 9.17) is 0 Å². The highest BCUT2D eigenvalue weighted by atomic mass is 79.9. The zero-order chi connectivity index (χ0) is 12.3. The van der Waals surface area contributed by atoms with Gasteiger partial charge in [-0.15, -0.1) is 0 Å². The lowest BCUT2D eigenvalue weighted by atomic mass is 9.75. The Balaban J connectivity index is 1.83. The molecule has 0 amide bonds. The van der Waals surface area contributed by atoms with Crippen molar-refractivity contribution in [2.24, 2.45) is 0 Å². The van der Waals surface area contributed by atoms with Crippen molar-refractivity contribution < 1.29 is 0 Å². The van der Waals surface area contributed by atoms with Crippen LogP contribution in [-0.2, 0) is 6.54 Å². The Morgan fingerprint density at radius 3 is 2.71 bits per heavy atom. The van der Waals surface area contributed by atoms with Crippen molar-refractivity contribution in [2.45, 2.75) is 31.3 Å². The molecule has 1 aromatic rings. The van der Waals surface area contributed by atoms with E-state index in [1.807, 2.05) is 12.1 Å². The molecule has 0 atom stereocenters. The lowest BCUT2D eigenvalue weighted by molar-refractivity contribution is 0.0597. The molecule has 0 radical (unpaired) electrons. The van der Waals surface area contributed by atoms with E-state index in [9.17, 15) is 0 Å². The molecule has 1 heterocycles. The van der Waals surface area contributed by atoms with Crippen LogP contribution < -0.4 is 5.32 Å². The molecule has 94 valence electrons. The van der Waals surface area contributed by atoms with Crippen LogP contribution in [0.2, 0.25) is 0 Å². The lowest BCUT2D eigenvalue weighted by Gasteiger charge is -2.47. The highest BCUT2D eigenvalue weighted by molar-refractivity contribution is 9.10. The first-order valence-electron chi connectivity index (χ1n) is 6.12. The highest BCUT2D eigenvalue weighted by Gasteiger charge is 2.38. The van der Waals surface area contributed by atoms with Gasteiger partial charge in [-0.05, 0) is 61.4 Å². The van der Waals surface area contributed by atoms with Crippen LogP contribution in [0.4, 0.5) is 0 Å². The third kappa shape index (κ3) is 3.06. The number of hydrogen-bond acceptors (Lipinski definition) is 3. The SMILES string of the molecule is CN(C)C1(CNCc2cccc(Br)n2)CCC1. The average molecular weight is 298 g/mol. The fourth-order valence-electron chi connectivity index (χ4n) is 2.34. The van der Waals surface area contributed by atoms with Gasteiger partial charge in [0.2, 0.25) is 0 Å². The molecule has 0 aromatic carbocycles. The molecule has 4 heteroatoms. The number of aromatic nitrogens is 1. The molecular formula is C13H20BrN3. The Bertz CT molecular complexity index is 375. The van der Waals surface area contributed by atoms with Crippen LogP contribution in [0.1, 0.15) is 25.0 Å². The van der Waals surface area contributed by atoms with Crippen LogP contribution >= 0.6 is 15.9 Å². The van der Waals surface area contributed by atoms with Crippen LogP contribution in [-0.4, -0.2) is 36.1 Å². The van der Waals surface area contributed by atoms with Crippen molar-refractivity contribution >= 4 is 15.9 Å². The van der Waals surface area contributed by atoms with Gasteiger partial charge in [0.1, 0.15) is 4.60 Å². The Labute approximate surface area is 112 Å². The van der Waals surface area contributed by atoms with Crippen molar-refractivity contribution in [3.8, 4) is 0 Å². The second-order valence-corrected chi connectivity index (χ2v) is 5.84. The summed E-state index contributed by atoms with van der Waals surface area (Å²) in [5.74, 6) is 0. The Kier molecular flexibility index (Phi) is 4.17. The van der Waals surface area contributed by atoms with Crippen molar-refractivity contribution in [1.29, 1.82) is 0 Å². The van der Waals surface area contributed by atoms with Crippen LogP contribution in [0.5, 0.6) is 0 Å². The number of likely N-dealkylation sites (N-methyl/N-ethyl adjacent to an activating group) is 1. The van der Waals surface area contributed by atoms with Crippen LogP contribution in [0.3, 0.4) is 0 Å². The summed E-state index contributed by atoms with van der Waals surface area (Å²) in [4.78, 5) is 6.78. The third-order valence-corrected chi connectivity index (χ3v) is 4.21. The number of nitrogens with one attached hydrogen (secondary N) is 1. The van der Waals surface area contributed by atoms with Gasteiger partial charge in [-0.25, -0.2) is 4.98 Å². The summed E-state index contributed by atoms with van der Waals surface area (Å²) in [6.07, 6.45) is 3.97. The average Bonchev–Trinajstić information content (AvgIpc) is 2.21. The summed E-state index contributed by atoms with van der Waals surface area (Å²) >= 11 is 3.39. The molecular weight excluding hydrogens is 278 g/mol. The highest BCUT2D eigenvalue weighted by Crippen LogP contribution is 2.35. The van der Waals surface area contributed by atoms with Crippen LogP contribution in [0, 0.1) is 0 Å². The fraction of sp³-hybridized carbons (Fsp3) is 0.615. The van der Waals surface area contributed by atoms with E-state index in [2.05, 4.69) is 51.3 Å². The second-order valence-electron chi connectivity index (χ2n) is 5.03. The van der Waals surface area contributed by atoms with Crippen LogP contribution in [0.25, 0.3) is 0 Å². The molecule has 17 heavy (non-hydrogen) atoms. The number of nitrogens with zero attached hydrogens (tertiary/aromatic N) is 2. The van der Waals surface area contributed by atoms with E-state index in [0.29, 0.717) is 5.54 Å². The molecule has 3 nitrogen and oxygen atoms in total. The monoisotopic (exact) mass is 297 g/mol. The van der Waals surface area contributed by atoms with Crippen molar-refractivity contribution in [3.05, 3.63) is 28.5 Å². The molecule has 1 aliphatic rings. The molecule has 1 fully saturated rings. The summed E-state index contributed by atoms with van der Waals surface area (Å²) in [5.41, 5.74) is 1.47. The first-order chi connectivity index (χ1) is 8.12. The minimum Gasteiger partial charge on any atom is -0.309 e. The van der Waals surface area contributed by atoms with E-state index in [1.165, 1.54) is 19.3 Å². The zero-order valence-corrected chi connectivity index (χ0v) is 12.1. The first kappa shape index (κ1) is 13.0. The predicted octanol–water partition coefficient (Wildman–Crippen LogP) is 2.42. The second kappa shape index (κ2) is 5.46. The van der Waals surface area contributed by atoms with Crippen LogP contribution in [0.15, 0.2) is 22.8 Å². The van der Waals surface area contributed by atoms with Gasteiger partial charge in [0.15, 0.2) is 0 Å². The standard InChI is InChI=1S/C13H20BrN3/c1-17(2)13(7-4-8-13)10-15-9-11-5-3-6-12(14)16-11/h3,5-6,15H,4,7-10H2,1-2H3. The Morgan fingerprint density at radius 1 is 1.41 bits per heavy atom. The molecule has 1 aliphatic carbocycles. The van der Waals surface area contributed by atoms with Gasteiger partial charge in [0.05, 0.1) is 5.69 Å². The number of halogens is 1. The summed E-state index contributed by atoms with van der Waals surface area (Å²) in [5, 5.41) is 3.53. The molecule has 1 N–H and O–H groups in total. The maximum atomic E-state index is 4.42. The quantitative estimate of drug-likeness (QED) is 0.846. The summed E-state index contributed by atoms with van der Waals surface area (Å²) in [7, 11) is 4.36. The maximum Gasteiger partial charge on any atom is 0.106 e. The minimum absolute atomic E-state index is 0.381. The van der Waals surface area contributed by atoms with Gasteiger partial charge in [0, 0.05) is 18.6 Å². The van der Waals surface area contributed by atoms with Crippen molar-refractivity contribution in [2.75, 3.05) is 20.6 Å². The normalized spacial score (nSPS) is 18.1. The zero-order valence-electron chi connectivity index (χ0n) is 10.5. The smallest absolute Gasteiger partial charge is 0.106 e. The van der Waals surface area contributed by atoms with E-state index in [-0.39, 0.29) is 0 Å². The molecule has 0 aliphatic heterocycles. The summed E-state index contributed by atoms with van der Waals surface area (Å²) in [6.45, 7) is 1.89. The number of pyridine rings is 1. The lowest BCUT2D eigenvalue weighted by Crippen LogP contribution is -2.56. The van der Waals surface area contributed by atoms with Gasteiger partial charge < -0.3 is 10.2 Å². The van der Waals surface area contributed by atoms with Crippen molar-refractivity contribution in [3.63, 3.8) is 0 Å². The topological polar surface area (TPSA) is 28.2 Å². The summed E-state index contributed by atoms with van der Waals surface area (Å²) < 4.78 is 0.905. The largest absolute Gasteiger partial charge is 0.309 e. The Morgan fingerprint density at radius 2 is 2.18 bits per heavy atom. The van der Waals surface area contributed by atoms with Gasteiger partial charge in [0.25, 0.3) is 0 Å².